The average molecular weight is 266 g/mol. The first-order valence-corrected chi connectivity index (χ1v) is 6.32. The van der Waals surface area contributed by atoms with Gasteiger partial charge in [-0.15, -0.1) is 0 Å². The van der Waals surface area contributed by atoms with Crippen molar-refractivity contribution >= 4 is 16.6 Å². The summed E-state index contributed by atoms with van der Waals surface area (Å²) in [5, 5.41) is 23.4. The normalized spacial score (nSPS) is 10.6. The van der Waals surface area contributed by atoms with Crippen LogP contribution >= 0.6 is 0 Å². The van der Waals surface area contributed by atoms with E-state index in [0.29, 0.717) is 6.54 Å². The molecule has 0 bridgehead atoms. The highest BCUT2D eigenvalue weighted by Crippen LogP contribution is 2.25. The molecule has 3 aromatic rings. The molecule has 1 aromatic heterocycles. The van der Waals surface area contributed by atoms with Gasteiger partial charge >= 0.3 is 0 Å². The number of phenolic OH excluding ortho intramolecular Hbond substituents is 2. The van der Waals surface area contributed by atoms with E-state index >= 15 is 0 Å². The number of phenols is 2. The first-order valence-electron chi connectivity index (χ1n) is 6.32. The molecule has 0 amide bonds. The van der Waals surface area contributed by atoms with Gasteiger partial charge in [0.05, 0.1) is 11.2 Å². The number of rotatable bonds is 3. The minimum atomic E-state index is 0.0538. The molecule has 0 atom stereocenters. The van der Waals surface area contributed by atoms with Crippen molar-refractivity contribution in [1.82, 2.24) is 4.98 Å². The van der Waals surface area contributed by atoms with E-state index in [0.717, 1.165) is 22.2 Å². The minimum absolute atomic E-state index is 0.0538. The lowest BCUT2D eigenvalue weighted by Gasteiger charge is -2.10. The molecule has 0 unspecified atom stereocenters. The number of aromatic nitrogens is 1. The van der Waals surface area contributed by atoms with Gasteiger partial charge in [0, 0.05) is 29.8 Å². The van der Waals surface area contributed by atoms with Crippen LogP contribution in [-0.2, 0) is 6.54 Å². The molecule has 0 saturated carbocycles. The Morgan fingerprint density at radius 3 is 2.70 bits per heavy atom. The third kappa shape index (κ3) is 2.36. The summed E-state index contributed by atoms with van der Waals surface area (Å²) >= 11 is 0. The fourth-order valence-electron chi connectivity index (χ4n) is 2.14. The van der Waals surface area contributed by atoms with Crippen molar-refractivity contribution in [3.8, 4) is 11.5 Å². The maximum Gasteiger partial charge on any atom is 0.124 e. The van der Waals surface area contributed by atoms with Crippen molar-refractivity contribution in [1.29, 1.82) is 0 Å². The second kappa shape index (κ2) is 5.09. The fourth-order valence-corrected chi connectivity index (χ4v) is 2.14. The van der Waals surface area contributed by atoms with Crippen molar-refractivity contribution in [2.24, 2.45) is 0 Å². The van der Waals surface area contributed by atoms with E-state index in [2.05, 4.69) is 10.3 Å². The summed E-state index contributed by atoms with van der Waals surface area (Å²) < 4.78 is 0. The lowest BCUT2D eigenvalue weighted by Crippen LogP contribution is -2.00. The summed E-state index contributed by atoms with van der Waals surface area (Å²) in [5.74, 6) is 0.128. The van der Waals surface area contributed by atoms with E-state index in [9.17, 15) is 10.2 Å². The molecule has 0 aliphatic rings. The second-order valence-electron chi connectivity index (χ2n) is 4.55. The predicted molar refractivity (Wildman–Crippen MR) is 78.8 cm³/mol. The zero-order chi connectivity index (χ0) is 13.9. The van der Waals surface area contributed by atoms with E-state index < -0.39 is 0 Å². The summed E-state index contributed by atoms with van der Waals surface area (Å²) in [7, 11) is 0. The van der Waals surface area contributed by atoms with Gasteiger partial charge in [0.1, 0.15) is 11.5 Å². The minimum Gasteiger partial charge on any atom is -0.508 e. The topological polar surface area (TPSA) is 65.4 Å². The van der Waals surface area contributed by atoms with Gasteiger partial charge < -0.3 is 15.5 Å². The van der Waals surface area contributed by atoms with E-state index in [1.165, 1.54) is 6.07 Å². The molecule has 0 aliphatic heterocycles. The maximum absolute atomic E-state index is 9.77. The van der Waals surface area contributed by atoms with Gasteiger partial charge in [0.15, 0.2) is 0 Å². The summed E-state index contributed by atoms with van der Waals surface area (Å²) in [6.07, 6.45) is 1.76. The van der Waals surface area contributed by atoms with Gasteiger partial charge in [0.25, 0.3) is 0 Å². The summed E-state index contributed by atoms with van der Waals surface area (Å²) in [5.41, 5.74) is 2.53. The first-order chi connectivity index (χ1) is 9.74. The third-order valence-corrected chi connectivity index (χ3v) is 3.17. The monoisotopic (exact) mass is 266 g/mol. The fraction of sp³-hybridized carbons (Fsp3) is 0.0625. The molecule has 20 heavy (non-hydrogen) atoms. The van der Waals surface area contributed by atoms with Crippen molar-refractivity contribution in [3.05, 3.63) is 60.3 Å². The van der Waals surface area contributed by atoms with Crippen LogP contribution in [0.25, 0.3) is 10.9 Å². The average Bonchev–Trinajstić information content (AvgIpc) is 2.46. The van der Waals surface area contributed by atoms with Gasteiger partial charge in [-0.1, -0.05) is 18.2 Å². The Morgan fingerprint density at radius 1 is 1.00 bits per heavy atom. The third-order valence-electron chi connectivity index (χ3n) is 3.17. The predicted octanol–water partition coefficient (Wildman–Crippen LogP) is 3.26. The highest BCUT2D eigenvalue weighted by atomic mass is 16.3. The molecule has 3 rings (SSSR count). The molecule has 0 aliphatic carbocycles. The second-order valence-corrected chi connectivity index (χ2v) is 4.55. The summed E-state index contributed by atoms with van der Waals surface area (Å²) in [6.45, 7) is 0.460. The molecule has 0 radical (unpaired) electrons. The number of para-hydroxylation sites is 1. The molecular formula is C16H14N2O2. The van der Waals surface area contributed by atoms with Crippen LogP contribution in [0.1, 0.15) is 5.56 Å². The lowest BCUT2D eigenvalue weighted by molar-refractivity contribution is 0.446. The summed E-state index contributed by atoms with van der Waals surface area (Å²) in [6, 6.07) is 14.4. The van der Waals surface area contributed by atoms with Crippen molar-refractivity contribution in [2.45, 2.75) is 6.54 Å². The Bertz CT molecular complexity index is 751. The van der Waals surface area contributed by atoms with Crippen LogP contribution in [-0.4, -0.2) is 15.2 Å². The number of anilines is 1. The SMILES string of the molecule is Oc1ccc(CNc2cccc3cccnc23)c(O)c1. The number of hydrogen-bond acceptors (Lipinski definition) is 4. The Balaban J connectivity index is 1.87. The molecule has 4 nitrogen and oxygen atoms in total. The molecule has 1 heterocycles. The highest BCUT2D eigenvalue weighted by molar-refractivity contribution is 5.90. The molecule has 100 valence electrons. The Morgan fingerprint density at radius 2 is 1.85 bits per heavy atom. The van der Waals surface area contributed by atoms with Gasteiger partial charge in [-0.2, -0.15) is 0 Å². The smallest absolute Gasteiger partial charge is 0.124 e. The molecule has 0 saturated heterocycles. The zero-order valence-electron chi connectivity index (χ0n) is 10.7. The number of nitrogens with zero attached hydrogens (tertiary/aromatic N) is 1. The van der Waals surface area contributed by atoms with Gasteiger partial charge in [-0.25, -0.2) is 0 Å². The largest absolute Gasteiger partial charge is 0.508 e. The highest BCUT2D eigenvalue weighted by Gasteiger charge is 2.04. The van der Waals surface area contributed by atoms with E-state index in [-0.39, 0.29) is 11.5 Å². The van der Waals surface area contributed by atoms with Gasteiger partial charge in [-0.3, -0.25) is 4.98 Å². The lowest BCUT2D eigenvalue weighted by atomic mass is 10.1. The molecular weight excluding hydrogens is 252 g/mol. The van der Waals surface area contributed by atoms with Crippen LogP contribution in [0.4, 0.5) is 5.69 Å². The Hall–Kier alpha value is -2.75. The first kappa shape index (κ1) is 12.3. The number of benzene rings is 2. The Kier molecular flexibility index (Phi) is 3.13. The molecule has 3 N–H and O–H groups in total. The molecule has 0 spiro atoms. The molecule has 4 heteroatoms. The van der Waals surface area contributed by atoms with Crippen LogP contribution in [0, 0.1) is 0 Å². The van der Waals surface area contributed by atoms with E-state index in [1.807, 2.05) is 30.3 Å². The van der Waals surface area contributed by atoms with Crippen LogP contribution < -0.4 is 5.32 Å². The Labute approximate surface area is 116 Å². The van der Waals surface area contributed by atoms with Crippen LogP contribution in [0.3, 0.4) is 0 Å². The number of hydrogen-bond donors (Lipinski definition) is 3. The van der Waals surface area contributed by atoms with Gasteiger partial charge in [-0.05, 0) is 24.3 Å². The van der Waals surface area contributed by atoms with E-state index in [4.69, 9.17) is 0 Å². The quantitative estimate of drug-likeness (QED) is 0.680. The maximum atomic E-state index is 9.77. The van der Waals surface area contributed by atoms with Gasteiger partial charge in [0.2, 0.25) is 0 Å². The summed E-state index contributed by atoms with van der Waals surface area (Å²) in [4.78, 5) is 4.36. The van der Waals surface area contributed by atoms with Crippen molar-refractivity contribution < 1.29 is 10.2 Å². The molecule has 0 fully saturated rings. The number of pyridine rings is 1. The van der Waals surface area contributed by atoms with Crippen LogP contribution in [0.15, 0.2) is 54.7 Å². The molecule has 2 aromatic carbocycles. The standard InChI is InChI=1S/C16H14N2O2/c19-13-7-6-12(15(20)9-13)10-18-14-5-1-3-11-4-2-8-17-16(11)14/h1-9,18-20H,10H2. The van der Waals surface area contributed by atoms with E-state index in [1.54, 1.807) is 18.3 Å². The van der Waals surface area contributed by atoms with Crippen molar-refractivity contribution in [2.75, 3.05) is 5.32 Å². The number of fused-ring (bicyclic) bond motifs is 1. The van der Waals surface area contributed by atoms with Crippen LogP contribution in [0.2, 0.25) is 0 Å². The number of nitrogens with one attached hydrogen (secondary N) is 1. The zero-order valence-corrected chi connectivity index (χ0v) is 10.7. The van der Waals surface area contributed by atoms with Crippen molar-refractivity contribution in [3.63, 3.8) is 0 Å². The number of aromatic hydroxyl groups is 2. The van der Waals surface area contributed by atoms with Crippen LogP contribution in [0.5, 0.6) is 11.5 Å².